The van der Waals surface area contributed by atoms with Gasteiger partial charge in [0.25, 0.3) is 5.56 Å². The summed E-state index contributed by atoms with van der Waals surface area (Å²) >= 11 is 1.67. The molecule has 0 N–H and O–H groups in total. The van der Waals surface area contributed by atoms with Crippen molar-refractivity contribution in [1.29, 1.82) is 0 Å². The van der Waals surface area contributed by atoms with E-state index in [1.807, 2.05) is 16.8 Å². The second kappa shape index (κ2) is 8.62. The summed E-state index contributed by atoms with van der Waals surface area (Å²) < 4.78 is 8.47. The van der Waals surface area contributed by atoms with Crippen LogP contribution in [0.15, 0.2) is 53.8 Å². The third kappa shape index (κ3) is 3.91. The maximum atomic E-state index is 13.2. The molecule has 0 atom stereocenters. The Bertz CT molecular complexity index is 1240. The fourth-order valence-corrected chi connectivity index (χ4v) is 4.23. The van der Waals surface area contributed by atoms with E-state index in [1.165, 1.54) is 9.56 Å². The number of imidazole rings is 1. The summed E-state index contributed by atoms with van der Waals surface area (Å²) in [5.41, 5.74) is 0.878. The number of aryl methyl sites for hydroxylation is 3. The van der Waals surface area contributed by atoms with Crippen LogP contribution in [0.2, 0.25) is 0 Å². The van der Waals surface area contributed by atoms with E-state index in [2.05, 4.69) is 18.0 Å². The molecule has 0 radical (unpaired) electrons. The number of fused-ring (bicyclic) bond motifs is 1. The van der Waals surface area contributed by atoms with Gasteiger partial charge >= 0.3 is 5.97 Å². The minimum atomic E-state index is -0.438. The van der Waals surface area contributed by atoms with Crippen LogP contribution in [-0.2, 0) is 24.2 Å². The molecule has 0 aliphatic heterocycles. The minimum absolute atomic E-state index is 0.229. The zero-order chi connectivity index (χ0) is 21.1. The molecule has 3 heterocycles. The number of nitrogens with zero attached hydrogens (tertiary/aromatic N) is 4. The van der Waals surface area contributed by atoms with Crippen molar-refractivity contribution in [1.82, 2.24) is 19.3 Å². The molecule has 0 amide bonds. The summed E-state index contributed by atoms with van der Waals surface area (Å²) in [6.07, 6.45) is 6.19. The van der Waals surface area contributed by atoms with E-state index in [0.29, 0.717) is 24.0 Å². The summed E-state index contributed by atoms with van der Waals surface area (Å²) in [7, 11) is 0. The van der Waals surface area contributed by atoms with Gasteiger partial charge in [0.15, 0.2) is 0 Å². The van der Waals surface area contributed by atoms with E-state index in [9.17, 15) is 9.59 Å². The van der Waals surface area contributed by atoms with Crippen LogP contribution >= 0.6 is 11.3 Å². The molecule has 3 aromatic heterocycles. The fourth-order valence-electron chi connectivity index (χ4n) is 3.29. The quantitative estimate of drug-likeness (QED) is 0.424. The second-order valence-electron chi connectivity index (χ2n) is 6.78. The van der Waals surface area contributed by atoms with Crippen molar-refractivity contribution in [3.63, 3.8) is 0 Å². The van der Waals surface area contributed by atoms with Gasteiger partial charge in [-0.05, 0) is 37.6 Å². The number of benzene rings is 1. The van der Waals surface area contributed by atoms with Crippen molar-refractivity contribution in [2.45, 2.75) is 33.4 Å². The van der Waals surface area contributed by atoms with Crippen LogP contribution in [0.4, 0.5) is 0 Å². The van der Waals surface area contributed by atoms with Gasteiger partial charge in [0.1, 0.15) is 5.69 Å². The lowest BCUT2D eigenvalue weighted by atomic mass is 10.1. The Morgan fingerprint density at radius 2 is 2.00 bits per heavy atom. The normalized spacial score (nSPS) is 11.1. The van der Waals surface area contributed by atoms with Crippen molar-refractivity contribution in [3.8, 4) is 10.6 Å². The Kier molecular flexibility index (Phi) is 5.76. The molecule has 0 aliphatic rings. The van der Waals surface area contributed by atoms with Gasteiger partial charge in [0.05, 0.1) is 35.3 Å². The third-order valence-corrected chi connectivity index (χ3v) is 6.08. The number of thiophene rings is 1. The van der Waals surface area contributed by atoms with E-state index in [-0.39, 0.29) is 12.2 Å². The van der Waals surface area contributed by atoms with E-state index >= 15 is 0 Å². The van der Waals surface area contributed by atoms with Crippen molar-refractivity contribution in [2.24, 2.45) is 0 Å². The fraction of sp³-hybridized carbons (Fsp3) is 0.273. The molecule has 4 rings (SSSR count). The second-order valence-corrected chi connectivity index (χ2v) is 7.95. The smallest absolute Gasteiger partial charge is 0.338 e. The number of hydrogen-bond donors (Lipinski definition) is 0. The van der Waals surface area contributed by atoms with Crippen LogP contribution in [0, 0.1) is 0 Å². The van der Waals surface area contributed by atoms with Crippen molar-refractivity contribution < 1.29 is 9.53 Å². The lowest BCUT2D eigenvalue weighted by molar-refractivity contribution is 0.0526. The predicted molar refractivity (Wildman–Crippen MR) is 117 cm³/mol. The maximum Gasteiger partial charge on any atom is 0.338 e. The molecule has 1 aromatic carbocycles. The van der Waals surface area contributed by atoms with Gasteiger partial charge in [-0.3, -0.25) is 4.79 Å². The molecule has 0 bridgehead atoms. The highest BCUT2D eigenvalue weighted by atomic mass is 32.1. The molecular formula is C22H22N4O3S. The Balaban J connectivity index is 1.85. The molecular weight excluding hydrogens is 400 g/mol. The topological polar surface area (TPSA) is 79.0 Å². The number of esters is 1. The summed E-state index contributed by atoms with van der Waals surface area (Å²) in [5, 5.41) is 5.89. The monoisotopic (exact) mass is 422 g/mol. The molecule has 4 aromatic rings. The van der Waals surface area contributed by atoms with E-state index in [1.54, 1.807) is 49.0 Å². The molecule has 154 valence electrons. The van der Waals surface area contributed by atoms with Crippen molar-refractivity contribution >= 4 is 28.1 Å². The number of hydrogen-bond acceptors (Lipinski definition) is 6. The SMILES string of the molecule is CCOC(=O)c1ccc2c(-c3ccc(CC)s3)nn(CCn3ccnc3)c(=O)c2c1. The Labute approximate surface area is 177 Å². The van der Waals surface area contributed by atoms with Crippen LogP contribution in [0.25, 0.3) is 21.3 Å². The van der Waals surface area contributed by atoms with Crippen molar-refractivity contribution in [3.05, 3.63) is 69.8 Å². The van der Waals surface area contributed by atoms with E-state index in [0.717, 1.165) is 22.4 Å². The van der Waals surface area contributed by atoms with Crippen LogP contribution in [0.5, 0.6) is 0 Å². The van der Waals surface area contributed by atoms with Gasteiger partial charge < -0.3 is 9.30 Å². The molecule has 8 heteroatoms. The zero-order valence-corrected chi connectivity index (χ0v) is 17.7. The number of carbonyl (C=O) groups is 1. The maximum absolute atomic E-state index is 13.2. The van der Waals surface area contributed by atoms with Gasteiger partial charge in [0, 0.05) is 29.2 Å². The number of rotatable bonds is 7. The van der Waals surface area contributed by atoms with Crippen LogP contribution < -0.4 is 5.56 Å². The minimum Gasteiger partial charge on any atom is -0.462 e. The summed E-state index contributed by atoms with van der Waals surface area (Å²) in [5.74, 6) is -0.438. The molecule has 7 nitrogen and oxygen atoms in total. The summed E-state index contributed by atoms with van der Waals surface area (Å²) in [4.78, 5) is 31.7. The molecule has 0 unspecified atom stereocenters. The number of ether oxygens (including phenoxy) is 1. The molecule has 0 spiro atoms. The van der Waals surface area contributed by atoms with Crippen LogP contribution in [0.1, 0.15) is 29.1 Å². The molecule has 0 saturated carbocycles. The Hall–Kier alpha value is -3.26. The van der Waals surface area contributed by atoms with Gasteiger partial charge in [0.2, 0.25) is 0 Å². The van der Waals surface area contributed by atoms with E-state index < -0.39 is 5.97 Å². The van der Waals surface area contributed by atoms with Crippen LogP contribution in [0.3, 0.4) is 0 Å². The highest BCUT2D eigenvalue weighted by molar-refractivity contribution is 7.15. The highest BCUT2D eigenvalue weighted by Gasteiger charge is 2.17. The first kappa shape index (κ1) is 20.0. The van der Waals surface area contributed by atoms with Gasteiger partial charge in [-0.1, -0.05) is 13.0 Å². The van der Waals surface area contributed by atoms with E-state index in [4.69, 9.17) is 9.84 Å². The Morgan fingerprint density at radius 1 is 1.13 bits per heavy atom. The highest BCUT2D eigenvalue weighted by Crippen LogP contribution is 2.31. The van der Waals surface area contributed by atoms with Crippen molar-refractivity contribution in [2.75, 3.05) is 6.61 Å². The molecule has 0 aliphatic carbocycles. The first-order valence-corrected chi connectivity index (χ1v) is 10.7. The first-order valence-electron chi connectivity index (χ1n) is 9.87. The molecule has 0 saturated heterocycles. The van der Waals surface area contributed by atoms with Gasteiger partial charge in [-0.15, -0.1) is 11.3 Å². The zero-order valence-electron chi connectivity index (χ0n) is 16.9. The summed E-state index contributed by atoms with van der Waals surface area (Å²) in [6.45, 7) is 5.11. The Morgan fingerprint density at radius 3 is 2.70 bits per heavy atom. The average molecular weight is 423 g/mol. The number of aromatic nitrogens is 4. The standard InChI is InChI=1S/C22H22N4O3S/c1-3-16-6-8-19(30-16)20-17-7-5-15(22(28)29-4-2)13-18(17)21(27)26(24-20)12-11-25-10-9-23-14-25/h5-10,13-14H,3-4,11-12H2,1-2H3. The molecule has 30 heavy (non-hydrogen) atoms. The lowest BCUT2D eigenvalue weighted by Crippen LogP contribution is -2.26. The summed E-state index contributed by atoms with van der Waals surface area (Å²) in [6, 6.07) is 9.21. The molecule has 0 fully saturated rings. The van der Waals surface area contributed by atoms with Crippen LogP contribution in [-0.4, -0.2) is 31.9 Å². The first-order chi connectivity index (χ1) is 14.6. The largest absolute Gasteiger partial charge is 0.462 e. The number of carbonyl (C=O) groups excluding carboxylic acids is 1. The van der Waals surface area contributed by atoms with Gasteiger partial charge in [-0.25, -0.2) is 14.5 Å². The average Bonchev–Trinajstić information content (AvgIpc) is 3.45. The van der Waals surface area contributed by atoms with Gasteiger partial charge in [-0.2, -0.15) is 5.10 Å². The third-order valence-electron chi connectivity index (χ3n) is 4.84. The predicted octanol–water partition coefficient (Wildman–Crippen LogP) is 3.76. The lowest BCUT2D eigenvalue weighted by Gasteiger charge is -2.11.